The van der Waals surface area contributed by atoms with Crippen molar-refractivity contribution in [3.05, 3.63) is 27.8 Å². The summed E-state index contributed by atoms with van der Waals surface area (Å²) in [6.07, 6.45) is 2.67. The molecule has 0 amide bonds. The molecule has 0 aliphatic carbocycles. The molecule has 1 N–H and O–H groups in total. The molecule has 2 aromatic rings. The van der Waals surface area contributed by atoms with Crippen molar-refractivity contribution in [1.82, 2.24) is 20.4 Å². The van der Waals surface area contributed by atoms with Gasteiger partial charge < -0.3 is 9.84 Å². The second kappa shape index (κ2) is 6.68. The Hall–Kier alpha value is -0.980. The lowest BCUT2D eigenvalue weighted by atomic mass is 10.4. The summed E-state index contributed by atoms with van der Waals surface area (Å²) in [4.78, 5) is 9.58. The molecule has 2 heterocycles. The minimum atomic E-state index is 0. The quantitative estimate of drug-likeness (QED) is 0.844. The van der Waals surface area contributed by atoms with Crippen molar-refractivity contribution in [1.29, 1.82) is 0 Å². The van der Waals surface area contributed by atoms with E-state index >= 15 is 0 Å². The zero-order valence-corrected chi connectivity index (χ0v) is 11.4. The van der Waals surface area contributed by atoms with Gasteiger partial charge in [-0.1, -0.05) is 5.16 Å². The van der Waals surface area contributed by atoms with Gasteiger partial charge in [-0.25, -0.2) is 4.98 Å². The lowest BCUT2D eigenvalue weighted by molar-refractivity contribution is 0.372. The van der Waals surface area contributed by atoms with E-state index in [1.165, 1.54) is 4.88 Å². The van der Waals surface area contributed by atoms with Crippen LogP contribution in [0.3, 0.4) is 0 Å². The average Bonchev–Trinajstić information content (AvgIpc) is 2.83. The van der Waals surface area contributed by atoms with Crippen LogP contribution < -0.4 is 5.32 Å². The van der Waals surface area contributed by atoms with Gasteiger partial charge >= 0.3 is 0 Å². The first-order chi connectivity index (χ1) is 7.74. The molecule has 0 spiro atoms. The lowest BCUT2D eigenvalue weighted by Gasteiger charge is -1.98. The van der Waals surface area contributed by atoms with Crippen molar-refractivity contribution in [3.63, 3.8) is 0 Å². The molecule has 5 nitrogen and oxygen atoms in total. The van der Waals surface area contributed by atoms with Crippen molar-refractivity contribution in [3.8, 4) is 0 Å². The van der Waals surface area contributed by atoms with E-state index in [2.05, 4.69) is 20.4 Å². The van der Waals surface area contributed by atoms with E-state index in [9.17, 15) is 0 Å². The summed E-state index contributed by atoms with van der Waals surface area (Å²) in [6.45, 7) is 5.51. The number of aryl methyl sites for hydroxylation is 2. The van der Waals surface area contributed by atoms with Gasteiger partial charge in [0, 0.05) is 30.6 Å². The highest BCUT2D eigenvalue weighted by molar-refractivity contribution is 7.11. The number of hydrogen-bond donors (Lipinski definition) is 1. The molecule has 0 bridgehead atoms. The maximum Gasteiger partial charge on any atom is 0.227 e. The van der Waals surface area contributed by atoms with Gasteiger partial charge in [-0.15, -0.1) is 23.7 Å². The second-order valence-electron chi connectivity index (χ2n) is 3.51. The molecule has 0 aromatic carbocycles. The molecule has 94 valence electrons. The summed E-state index contributed by atoms with van der Waals surface area (Å²) in [5.41, 5.74) is 0. The third-order valence-corrected chi connectivity index (χ3v) is 2.97. The molecule has 0 radical (unpaired) electrons. The summed E-state index contributed by atoms with van der Waals surface area (Å²) in [7, 11) is 0. The summed E-state index contributed by atoms with van der Waals surface area (Å²) < 4.78 is 5.01. The second-order valence-corrected chi connectivity index (χ2v) is 4.83. The van der Waals surface area contributed by atoms with E-state index in [0.29, 0.717) is 11.7 Å². The minimum absolute atomic E-state index is 0. The standard InChI is InChI=1S/C10H14N4OS.ClH/c1-7-13-10(15-14-7)3-4-11-5-9-6-12-8(2)16-9;/h6,11H,3-5H2,1-2H3;1H. The first-order valence-electron chi connectivity index (χ1n) is 5.15. The van der Waals surface area contributed by atoms with Crippen LogP contribution in [0, 0.1) is 13.8 Å². The van der Waals surface area contributed by atoms with Crippen molar-refractivity contribution < 1.29 is 4.52 Å². The molecular weight excluding hydrogens is 260 g/mol. The van der Waals surface area contributed by atoms with Gasteiger partial charge in [-0.2, -0.15) is 4.98 Å². The van der Waals surface area contributed by atoms with Crippen LogP contribution in [0.2, 0.25) is 0 Å². The summed E-state index contributed by atoms with van der Waals surface area (Å²) in [6, 6.07) is 0. The molecule has 2 rings (SSSR count). The predicted octanol–water partition coefficient (Wildman–Crippen LogP) is 1.90. The van der Waals surface area contributed by atoms with Crippen LogP contribution in [-0.4, -0.2) is 21.7 Å². The van der Waals surface area contributed by atoms with Gasteiger partial charge in [0.25, 0.3) is 0 Å². The molecule has 0 aliphatic heterocycles. The minimum Gasteiger partial charge on any atom is -0.339 e. The van der Waals surface area contributed by atoms with E-state index in [1.54, 1.807) is 11.3 Å². The third kappa shape index (κ3) is 4.41. The summed E-state index contributed by atoms with van der Waals surface area (Å²) in [5.74, 6) is 1.37. The van der Waals surface area contributed by atoms with Gasteiger partial charge in [0.1, 0.15) is 0 Å². The Morgan fingerprint density at radius 3 is 2.82 bits per heavy atom. The summed E-state index contributed by atoms with van der Waals surface area (Å²) >= 11 is 1.71. The van der Waals surface area contributed by atoms with E-state index in [0.717, 1.165) is 24.5 Å². The fraction of sp³-hybridized carbons (Fsp3) is 0.500. The van der Waals surface area contributed by atoms with Crippen molar-refractivity contribution in [2.75, 3.05) is 6.54 Å². The Kier molecular flexibility index (Phi) is 5.54. The highest BCUT2D eigenvalue weighted by Gasteiger charge is 2.02. The van der Waals surface area contributed by atoms with Gasteiger partial charge in [0.2, 0.25) is 5.89 Å². The molecule has 0 saturated carbocycles. The zero-order chi connectivity index (χ0) is 11.4. The number of thiazole rings is 1. The number of aromatic nitrogens is 3. The van der Waals surface area contributed by atoms with Gasteiger partial charge in [-0.05, 0) is 13.8 Å². The first kappa shape index (κ1) is 14.1. The van der Waals surface area contributed by atoms with E-state index in [4.69, 9.17) is 4.52 Å². The maximum atomic E-state index is 5.01. The highest BCUT2D eigenvalue weighted by Crippen LogP contribution is 2.10. The van der Waals surface area contributed by atoms with Crippen LogP contribution in [0.1, 0.15) is 21.6 Å². The largest absolute Gasteiger partial charge is 0.339 e. The molecule has 17 heavy (non-hydrogen) atoms. The Balaban J connectivity index is 0.00000144. The predicted molar refractivity (Wildman–Crippen MR) is 68.5 cm³/mol. The number of halogens is 1. The Bertz CT molecular complexity index is 414. The van der Waals surface area contributed by atoms with Crippen LogP contribution in [0.15, 0.2) is 10.7 Å². The summed E-state index contributed by atoms with van der Waals surface area (Å²) in [5, 5.41) is 8.15. The highest BCUT2D eigenvalue weighted by atomic mass is 35.5. The van der Waals surface area contributed by atoms with Crippen molar-refractivity contribution >= 4 is 23.7 Å². The SMILES string of the molecule is Cc1noc(CCNCc2cnc(C)s2)n1.Cl. The van der Waals surface area contributed by atoms with Crippen LogP contribution >= 0.6 is 23.7 Å². The maximum absolute atomic E-state index is 5.01. The average molecular weight is 275 g/mol. The molecule has 0 unspecified atom stereocenters. The smallest absolute Gasteiger partial charge is 0.227 e. The first-order valence-corrected chi connectivity index (χ1v) is 5.97. The van der Waals surface area contributed by atoms with Crippen LogP contribution in [-0.2, 0) is 13.0 Å². The lowest BCUT2D eigenvalue weighted by Crippen LogP contribution is -2.16. The van der Waals surface area contributed by atoms with E-state index < -0.39 is 0 Å². The van der Waals surface area contributed by atoms with Crippen molar-refractivity contribution in [2.24, 2.45) is 0 Å². The zero-order valence-electron chi connectivity index (χ0n) is 9.77. The molecular formula is C10H15ClN4OS. The fourth-order valence-corrected chi connectivity index (χ4v) is 2.10. The Morgan fingerprint density at radius 2 is 2.24 bits per heavy atom. The van der Waals surface area contributed by atoms with Gasteiger partial charge in [0.15, 0.2) is 5.82 Å². The number of nitrogens with one attached hydrogen (secondary N) is 1. The Labute approximate surface area is 110 Å². The molecule has 0 aliphatic rings. The topological polar surface area (TPSA) is 63.8 Å². The van der Waals surface area contributed by atoms with Crippen LogP contribution in [0.5, 0.6) is 0 Å². The van der Waals surface area contributed by atoms with Crippen LogP contribution in [0.4, 0.5) is 0 Å². The van der Waals surface area contributed by atoms with Gasteiger partial charge in [-0.3, -0.25) is 0 Å². The molecule has 0 fully saturated rings. The van der Waals surface area contributed by atoms with Gasteiger partial charge in [0.05, 0.1) is 5.01 Å². The third-order valence-electron chi connectivity index (χ3n) is 2.05. The Morgan fingerprint density at radius 1 is 1.41 bits per heavy atom. The fourth-order valence-electron chi connectivity index (χ4n) is 1.34. The van der Waals surface area contributed by atoms with E-state index in [1.807, 2.05) is 20.0 Å². The van der Waals surface area contributed by atoms with Crippen LogP contribution in [0.25, 0.3) is 0 Å². The molecule has 2 aromatic heterocycles. The molecule has 7 heteroatoms. The monoisotopic (exact) mass is 274 g/mol. The number of nitrogens with zero attached hydrogens (tertiary/aromatic N) is 3. The van der Waals surface area contributed by atoms with E-state index in [-0.39, 0.29) is 12.4 Å². The molecule has 0 atom stereocenters. The van der Waals surface area contributed by atoms with Crippen molar-refractivity contribution in [2.45, 2.75) is 26.8 Å². The number of rotatable bonds is 5. The normalized spacial score (nSPS) is 10.2. The molecule has 0 saturated heterocycles. The number of hydrogen-bond acceptors (Lipinski definition) is 6.